The van der Waals surface area contributed by atoms with E-state index in [0.717, 1.165) is 41.9 Å². The molecule has 7 nitrogen and oxygen atoms in total. The number of aromatic nitrogens is 2. The maximum absolute atomic E-state index is 11.5. The number of fused-ring (bicyclic) bond motifs is 3. The van der Waals surface area contributed by atoms with Gasteiger partial charge in [-0.2, -0.15) is 5.10 Å². The van der Waals surface area contributed by atoms with Gasteiger partial charge in [-0.15, -0.1) is 0 Å². The van der Waals surface area contributed by atoms with Crippen LogP contribution in [0.15, 0.2) is 18.3 Å². The molecule has 0 fully saturated rings. The van der Waals surface area contributed by atoms with Crippen LogP contribution in [-0.4, -0.2) is 33.9 Å². The van der Waals surface area contributed by atoms with Crippen LogP contribution < -0.4 is 9.64 Å². The van der Waals surface area contributed by atoms with Crippen molar-refractivity contribution in [3.05, 3.63) is 34.1 Å². The van der Waals surface area contributed by atoms with Crippen LogP contribution in [0, 0.1) is 10.1 Å². The molecule has 25 heavy (non-hydrogen) atoms. The van der Waals surface area contributed by atoms with Gasteiger partial charge >= 0.3 is 5.69 Å². The third kappa shape index (κ3) is 2.73. The van der Waals surface area contributed by atoms with E-state index in [0.29, 0.717) is 0 Å². The Morgan fingerprint density at radius 2 is 2.08 bits per heavy atom. The molecule has 1 aromatic heterocycles. The summed E-state index contributed by atoms with van der Waals surface area (Å²) in [7, 11) is 3.38. The van der Waals surface area contributed by atoms with Crippen molar-refractivity contribution in [2.24, 2.45) is 7.05 Å². The normalized spacial score (nSPS) is 13.9. The highest BCUT2D eigenvalue weighted by Crippen LogP contribution is 2.45. The minimum atomic E-state index is -0.394. The lowest BCUT2D eigenvalue weighted by molar-refractivity contribution is -0.385. The summed E-state index contributed by atoms with van der Waals surface area (Å²) in [5.74, 6) is 0.285. The van der Waals surface area contributed by atoms with Crippen molar-refractivity contribution in [3.8, 4) is 16.9 Å². The molecule has 134 valence electrons. The number of anilines is 1. The maximum Gasteiger partial charge on any atom is 0.311 e. The Morgan fingerprint density at radius 3 is 2.68 bits per heavy atom. The first-order chi connectivity index (χ1) is 11.8. The van der Waals surface area contributed by atoms with Crippen molar-refractivity contribution in [1.82, 2.24) is 9.78 Å². The summed E-state index contributed by atoms with van der Waals surface area (Å²) in [6, 6.07) is 3.42. The van der Waals surface area contributed by atoms with Gasteiger partial charge in [-0.3, -0.25) is 14.8 Å². The van der Waals surface area contributed by atoms with Gasteiger partial charge in [0.1, 0.15) is 0 Å². The first-order valence-electron chi connectivity index (χ1n) is 8.45. The van der Waals surface area contributed by atoms with E-state index in [-0.39, 0.29) is 17.0 Å². The highest BCUT2D eigenvalue weighted by atomic mass is 16.6. The number of nitro benzene ring substituents is 1. The van der Waals surface area contributed by atoms with Crippen molar-refractivity contribution in [3.63, 3.8) is 0 Å². The molecule has 7 heteroatoms. The van der Waals surface area contributed by atoms with Gasteiger partial charge in [-0.1, -0.05) is 6.92 Å². The smallest absolute Gasteiger partial charge is 0.311 e. The van der Waals surface area contributed by atoms with Gasteiger partial charge in [0.05, 0.1) is 18.2 Å². The van der Waals surface area contributed by atoms with Crippen LogP contribution in [0.4, 0.5) is 11.4 Å². The number of aryl methyl sites for hydroxylation is 1. The summed E-state index contributed by atoms with van der Waals surface area (Å²) >= 11 is 0. The summed E-state index contributed by atoms with van der Waals surface area (Å²) in [6.45, 7) is 7.36. The Bertz CT molecular complexity index is 826. The fraction of sp³-hybridized carbons (Fsp3) is 0.500. The largest absolute Gasteiger partial charge is 0.490 e. The van der Waals surface area contributed by atoms with E-state index in [1.807, 2.05) is 11.7 Å². The number of nitrogens with zero attached hydrogens (tertiary/aromatic N) is 4. The minimum absolute atomic E-state index is 0.0211. The molecule has 1 aliphatic rings. The molecule has 0 spiro atoms. The SMILES string of the molecule is CCC(C)(C)N1CCc2c(cnn2C)-c2cc([N+](=O)[O-])c(OC)cc21. The summed E-state index contributed by atoms with van der Waals surface area (Å²) in [5.41, 5.74) is 3.75. The van der Waals surface area contributed by atoms with E-state index in [2.05, 4.69) is 30.8 Å². The first-order valence-corrected chi connectivity index (χ1v) is 8.45. The van der Waals surface area contributed by atoms with Crippen molar-refractivity contribution in [2.45, 2.75) is 39.2 Å². The molecule has 0 aliphatic carbocycles. The molecular weight excluding hydrogens is 320 g/mol. The Balaban J connectivity index is 2.32. The Hall–Kier alpha value is -2.57. The monoisotopic (exact) mass is 344 g/mol. The third-order valence-electron chi connectivity index (χ3n) is 5.30. The van der Waals surface area contributed by atoms with Crippen LogP contribution in [0.5, 0.6) is 5.75 Å². The summed E-state index contributed by atoms with van der Waals surface area (Å²) in [6.07, 6.45) is 3.59. The van der Waals surface area contributed by atoms with Crippen LogP contribution in [0.25, 0.3) is 11.1 Å². The number of methoxy groups -OCH3 is 1. The van der Waals surface area contributed by atoms with Gasteiger partial charge in [0, 0.05) is 60.2 Å². The molecule has 0 N–H and O–H groups in total. The first kappa shape index (κ1) is 17.3. The second-order valence-electron chi connectivity index (χ2n) is 6.99. The second-order valence-corrected chi connectivity index (χ2v) is 6.99. The van der Waals surface area contributed by atoms with E-state index in [9.17, 15) is 10.1 Å². The molecule has 0 saturated carbocycles. The van der Waals surface area contributed by atoms with E-state index in [1.165, 1.54) is 7.11 Å². The van der Waals surface area contributed by atoms with E-state index in [4.69, 9.17) is 4.74 Å². The lowest BCUT2D eigenvalue weighted by Crippen LogP contribution is -2.44. The molecule has 0 atom stereocenters. The van der Waals surface area contributed by atoms with Gasteiger partial charge in [-0.05, 0) is 20.3 Å². The standard InChI is InChI=1S/C18H24N4O3/c1-6-18(2,3)21-8-7-14-13(11-19-20(14)4)12-9-16(22(23)24)17(25-5)10-15(12)21/h9-11H,6-8H2,1-5H3. The molecule has 0 amide bonds. The molecule has 3 rings (SSSR count). The van der Waals surface area contributed by atoms with Crippen LogP contribution in [0.2, 0.25) is 0 Å². The van der Waals surface area contributed by atoms with E-state index in [1.54, 1.807) is 18.3 Å². The molecule has 1 aliphatic heterocycles. The lowest BCUT2D eigenvalue weighted by atomic mass is 9.96. The number of benzene rings is 1. The summed E-state index contributed by atoms with van der Waals surface area (Å²) < 4.78 is 7.17. The zero-order chi connectivity index (χ0) is 18.4. The highest BCUT2D eigenvalue weighted by Gasteiger charge is 2.33. The molecule has 2 aromatic rings. The Kier molecular flexibility index (Phi) is 4.18. The molecule has 0 saturated heterocycles. The zero-order valence-electron chi connectivity index (χ0n) is 15.4. The van der Waals surface area contributed by atoms with Gasteiger partial charge in [-0.25, -0.2) is 0 Å². The third-order valence-corrected chi connectivity index (χ3v) is 5.30. The topological polar surface area (TPSA) is 73.4 Å². The zero-order valence-corrected chi connectivity index (χ0v) is 15.4. The van der Waals surface area contributed by atoms with E-state index < -0.39 is 4.92 Å². The predicted molar refractivity (Wildman–Crippen MR) is 97.3 cm³/mol. The Morgan fingerprint density at radius 1 is 1.36 bits per heavy atom. The van der Waals surface area contributed by atoms with Crippen molar-refractivity contribution in [1.29, 1.82) is 0 Å². The highest BCUT2D eigenvalue weighted by molar-refractivity contribution is 5.85. The van der Waals surface area contributed by atoms with Crippen molar-refractivity contribution in [2.75, 3.05) is 18.6 Å². The van der Waals surface area contributed by atoms with Gasteiger partial charge < -0.3 is 9.64 Å². The quantitative estimate of drug-likeness (QED) is 0.626. The number of nitro groups is 1. The second kappa shape index (κ2) is 6.06. The number of ether oxygens (including phenoxy) is 1. The lowest BCUT2D eigenvalue weighted by Gasteiger charge is -2.40. The molecule has 2 heterocycles. The van der Waals surface area contributed by atoms with Crippen LogP contribution in [0.1, 0.15) is 32.9 Å². The maximum atomic E-state index is 11.5. The van der Waals surface area contributed by atoms with Gasteiger partial charge in [0.25, 0.3) is 0 Å². The number of hydrogen-bond acceptors (Lipinski definition) is 5. The average molecular weight is 344 g/mol. The average Bonchev–Trinajstić information content (AvgIpc) is 2.86. The molecule has 0 radical (unpaired) electrons. The Labute approximate surface area is 147 Å². The van der Waals surface area contributed by atoms with Gasteiger partial charge in [0.15, 0.2) is 5.75 Å². The fourth-order valence-electron chi connectivity index (χ4n) is 3.44. The number of rotatable bonds is 4. The molecule has 0 bridgehead atoms. The van der Waals surface area contributed by atoms with Gasteiger partial charge in [0.2, 0.25) is 0 Å². The molecule has 1 aromatic carbocycles. The molecule has 0 unspecified atom stereocenters. The fourth-order valence-corrected chi connectivity index (χ4v) is 3.44. The van der Waals surface area contributed by atoms with Crippen molar-refractivity contribution >= 4 is 11.4 Å². The van der Waals surface area contributed by atoms with Crippen molar-refractivity contribution < 1.29 is 9.66 Å². The number of hydrogen-bond donors (Lipinski definition) is 0. The predicted octanol–water partition coefficient (Wildman–Crippen LogP) is 3.56. The minimum Gasteiger partial charge on any atom is -0.490 e. The van der Waals surface area contributed by atoms with Crippen LogP contribution in [-0.2, 0) is 13.5 Å². The van der Waals surface area contributed by atoms with E-state index >= 15 is 0 Å². The molecular formula is C18H24N4O3. The summed E-state index contributed by atoms with van der Waals surface area (Å²) in [5, 5.41) is 15.9. The summed E-state index contributed by atoms with van der Waals surface area (Å²) in [4.78, 5) is 13.4. The van der Waals surface area contributed by atoms with Crippen LogP contribution in [0.3, 0.4) is 0 Å². The van der Waals surface area contributed by atoms with Crippen LogP contribution >= 0.6 is 0 Å².